The van der Waals surface area contributed by atoms with E-state index >= 15 is 0 Å². The summed E-state index contributed by atoms with van der Waals surface area (Å²) in [5, 5.41) is 6.37. The normalized spacial score (nSPS) is 17.3. The summed E-state index contributed by atoms with van der Waals surface area (Å²) in [6, 6.07) is 0.700. The SMILES string of the molecule is CCCC(=O)NCCOCCN1CCC(NCC)CC1. The van der Waals surface area contributed by atoms with E-state index in [1.165, 1.54) is 12.8 Å². The van der Waals surface area contributed by atoms with E-state index in [0.717, 1.165) is 39.2 Å². The van der Waals surface area contributed by atoms with Crippen LogP contribution in [0.3, 0.4) is 0 Å². The summed E-state index contributed by atoms with van der Waals surface area (Å²) in [6.07, 6.45) is 3.98. The van der Waals surface area contributed by atoms with E-state index in [1.807, 2.05) is 6.92 Å². The lowest BCUT2D eigenvalue weighted by atomic mass is 10.1. The number of likely N-dealkylation sites (tertiary alicyclic amines) is 1. The quantitative estimate of drug-likeness (QED) is 0.588. The first-order valence-corrected chi connectivity index (χ1v) is 8.06. The second-order valence-corrected chi connectivity index (χ2v) is 5.39. The lowest BCUT2D eigenvalue weighted by Crippen LogP contribution is -2.43. The van der Waals surface area contributed by atoms with Crippen LogP contribution in [-0.2, 0) is 9.53 Å². The third-order valence-electron chi connectivity index (χ3n) is 3.68. The van der Waals surface area contributed by atoms with Crippen molar-refractivity contribution in [1.82, 2.24) is 15.5 Å². The minimum atomic E-state index is 0.126. The van der Waals surface area contributed by atoms with Gasteiger partial charge in [-0.3, -0.25) is 4.79 Å². The Hall–Kier alpha value is -0.650. The van der Waals surface area contributed by atoms with Gasteiger partial charge in [0.2, 0.25) is 5.91 Å². The highest BCUT2D eigenvalue weighted by Crippen LogP contribution is 2.09. The number of nitrogens with one attached hydrogen (secondary N) is 2. The van der Waals surface area contributed by atoms with Gasteiger partial charge in [-0.1, -0.05) is 13.8 Å². The second-order valence-electron chi connectivity index (χ2n) is 5.39. The zero-order chi connectivity index (χ0) is 14.6. The minimum absolute atomic E-state index is 0.126. The molecule has 20 heavy (non-hydrogen) atoms. The molecule has 0 bridgehead atoms. The summed E-state index contributed by atoms with van der Waals surface area (Å²) in [7, 11) is 0. The molecule has 0 aromatic carbocycles. The third-order valence-corrected chi connectivity index (χ3v) is 3.68. The van der Waals surface area contributed by atoms with Crippen LogP contribution >= 0.6 is 0 Å². The first-order chi connectivity index (χ1) is 9.76. The highest BCUT2D eigenvalue weighted by atomic mass is 16.5. The van der Waals surface area contributed by atoms with Gasteiger partial charge in [-0.2, -0.15) is 0 Å². The number of nitrogens with zero attached hydrogens (tertiary/aromatic N) is 1. The van der Waals surface area contributed by atoms with Gasteiger partial charge in [-0.15, -0.1) is 0 Å². The van der Waals surface area contributed by atoms with Crippen LogP contribution in [0.15, 0.2) is 0 Å². The second kappa shape index (κ2) is 11.1. The molecule has 1 heterocycles. The largest absolute Gasteiger partial charge is 0.378 e. The summed E-state index contributed by atoms with van der Waals surface area (Å²) in [5.41, 5.74) is 0. The number of ether oxygens (including phenoxy) is 1. The predicted octanol–water partition coefficient (Wildman–Crippen LogP) is 0.993. The topological polar surface area (TPSA) is 53.6 Å². The van der Waals surface area contributed by atoms with Crippen LogP contribution in [0, 0.1) is 0 Å². The molecule has 5 nitrogen and oxygen atoms in total. The number of piperidine rings is 1. The molecule has 1 aliphatic heterocycles. The monoisotopic (exact) mass is 285 g/mol. The van der Waals surface area contributed by atoms with Crippen LogP contribution < -0.4 is 10.6 Å². The molecule has 0 unspecified atom stereocenters. The molecule has 118 valence electrons. The Morgan fingerprint density at radius 1 is 1.25 bits per heavy atom. The van der Waals surface area contributed by atoms with Gasteiger partial charge >= 0.3 is 0 Å². The van der Waals surface area contributed by atoms with E-state index < -0.39 is 0 Å². The molecule has 0 atom stereocenters. The van der Waals surface area contributed by atoms with Crippen LogP contribution in [-0.4, -0.2) is 62.8 Å². The Morgan fingerprint density at radius 2 is 2.00 bits per heavy atom. The molecule has 2 N–H and O–H groups in total. The summed E-state index contributed by atoms with van der Waals surface area (Å²) in [5.74, 6) is 0.126. The lowest BCUT2D eigenvalue weighted by molar-refractivity contribution is -0.121. The van der Waals surface area contributed by atoms with Crippen molar-refractivity contribution in [2.45, 2.75) is 45.6 Å². The number of carbonyl (C=O) groups is 1. The predicted molar refractivity (Wildman–Crippen MR) is 81.9 cm³/mol. The van der Waals surface area contributed by atoms with E-state index in [9.17, 15) is 4.79 Å². The Bertz CT molecular complexity index is 254. The van der Waals surface area contributed by atoms with Crippen LogP contribution in [0.4, 0.5) is 0 Å². The van der Waals surface area contributed by atoms with E-state index in [-0.39, 0.29) is 5.91 Å². The molecule has 1 fully saturated rings. The average molecular weight is 285 g/mol. The maximum Gasteiger partial charge on any atom is 0.220 e. The van der Waals surface area contributed by atoms with Crippen molar-refractivity contribution in [3.05, 3.63) is 0 Å². The smallest absolute Gasteiger partial charge is 0.220 e. The molecule has 1 rings (SSSR count). The fourth-order valence-corrected chi connectivity index (χ4v) is 2.52. The van der Waals surface area contributed by atoms with Crippen LogP contribution in [0.1, 0.15) is 39.5 Å². The van der Waals surface area contributed by atoms with E-state index in [0.29, 0.717) is 25.6 Å². The number of amides is 1. The van der Waals surface area contributed by atoms with Crippen LogP contribution in [0.25, 0.3) is 0 Å². The van der Waals surface area contributed by atoms with E-state index in [2.05, 4.69) is 22.5 Å². The summed E-state index contributed by atoms with van der Waals surface area (Å²) < 4.78 is 5.57. The van der Waals surface area contributed by atoms with Gasteiger partial charge in [-0.25, -0.2) is 0 Å². The number of hydrogen-bond acceptors (Lipinski definition) is 4. The Morgan fingerprint density at radius 3 is 2.65 bits per heavy atom. The van der Waals surface area contributed by atoms with E-state index in [1.54, 1.807) is 0 Å². The molecule has 0 aromatic heterocycles. The molecule has 1 aliphatic rings. The van der Waals surface area contributed by atoms with Crippen LogP contribution in [0.2, 0.25) is 0 Å². The Balaban J connectivity index is 1.91. The van der Waals surface area contributed by atoms with Crippen molar-refractivity contribution in [2.24, 2.45) is 0 Å². The molecule has 0 aromatic rings. The number of hydrogen-bond donors (Lipinski definition) is 2. The van der Waals surface area contributed by atoms with Gasteiger partial charge in [0.1, 0.15) is 0 Å². The maximum atomic E-state index is 11.2. The zero-order valence-electron chi connectivity index (χ0n) is 13.1. The summed E-state index contributed by atoms with van der Waals surface area (Å²) in [6.45, 7) is 10.6. The minimum Gasteiger partial charge on any atom is -0.378 e. The first kappa shape index (κ1) is 17.4. The Kier molecular flexibility index (Phi) is 9.62. The molecule has 5 heteroatoms. The van der Waals surface area contributed by atoms with Crippen molar-refractivity contribution in [2.75, 3.05) is 45.9 Å². The number of rotatable bonds is 10. The highest BCUT2D eigenvalue weighted by Gasteiger charge is 2.17. The fraction of sp³-hybridized carbons (Fsp3) is 0.933. The summed E-state index contributed by atoms with van der Waals surface area (Å²) in [4.78, 5) is 13.7. The van der Waals surface area contributed by atoms with Gasteiger partial charge in [0, 0.05) is 25.6 Å². The molecule has 0 aliphatic carbocycles. The summed E-state index contributed by atoms with van der Waals surface area (Å²) >= 11 is 0. The molecule has 1 amide bonds. The first-order valence-electron chi connectivity index (χ1n) is 8.06. The van der Waals surface area contributed by atoms with Crippen molar-refractivity contribution < 1.29 is 9.53 Å². The van der Waals surface area contributed by atoms with Gasteiger partial charge in [0.15, 0.2) is 0 Å². The molecular formula is C15H31N3O2. The van der Waals surface area contributed by atoms with Crippen molar-refractivity contribution in [3.63, 3.8) is 0 Å². The van der Waals surface area contributed by atoms with Crippen molar-refractivity contribution in [3.8, 4) is 0 Å². The zero-order valence-corrected chi connectivity index (χ0v) is 13.1. The number of carbonyl (C=O) groups excluding carboxylic acids is 1. The highest BCUT2D eigenvalue weighted by molar-refractivity contribution is 5.75. The molecule has 0 radical (unpaired) electrons. The van der Waals surface area contributed by atoms with Gasteiger partial charge in [0.25, 0.3) is 0 Å². The fourth-order valence-electron chi connectivity index (χ4n) is 2.52. The molecule has 0 saturated carbocycles. The lowest BCUT2D eigenvalue weighted by Gasteiger charge is -2.32. The maximum absolute atomic E-state index is 11.2. The van der Waals surface area contributed by atoms with Gasteiger partial charge in [-0.05, 0) is 38.9 Å². The average Bonchev–Trinajstić information content (AvgIpc) is 2.45. The molecular weight excluding hydrogens is 254 g/mol. The Labute approximate surface area is 123 Å². The molecule has 1 saturated heterocycles. The van der Waals surface area contributed by atoms with Gasteiger partial charge in [0.05, 0.1) is 13.2 Å². The van der Waals surface area contributed by atoms with Crippen LogP contribution in [0.5, 0.6) is 0 Å². The van der Waals surface area contributed by atoms with E-state index in [4.69, 9.17) is 4.74 Å². The third kappa shape index (κ3) is 7.82. The van der Waals surface area contributed by atoms with Crippen molar-refractivity contribution in [1.29, 1.82) is 0 Å². The standard InChI is InChI=1S/C15H31N3O2/c1-3-5-15(19)17-8-12-20-13-11-18-9-6-14(7-10-18)16-4-2/h14,16H,3-13H2,1-2H3,(H,17,19). The van der Waals surface area contributed by atoms with Crippen molar-refractivity contribution >= 4 is 5.91 Å². The molecule has 0 spiro atoms. The van der Waals surface area contributed by atoms with Gasteiger partial charge < -0.3 is 20.3 Å².